The number of rotatable bonds is 6. The Labute approximate surface area is 151 Å². The fourth-order valence-electron chi connectivity index (χ4n) is 2.72. The maximum Gasteiger partial charge on any atom is 0.274 e. The van der Waals surface area contributed by atoms with Crippen LogP contribution in [-0.4, -0.2) is 25.1 Å². The summed E-state index contributed by atoms with van der Waals surface area (Å²) in [4.78, 5) is 16.8. The van der Waals surface area contributed by atoms with Gasteiger partial charge in [-0.2, -0.15) is 0 Å². The number of benzene rings is 2. The van der Waals surface area contributed by atoms with Crippen molar-refractivity contribution in [1.29, 1.82) is 0 Å². The molecule has 2 aromatic carbocycles. The van der Waals surface area contributed by atoms with Crippen LogP contribution in [0.15, 0.2) is 59.3 Å². The summed E-state index contributed by atoms with van der Waals surface area (Å²) in [5.41, 5.74) is 1.84. The predicted molar refractivity (Wildman–Crippen MR) is 97.4 cm³/mol. The highest BCUT2D eigenvalue weighted by Crippen LogP contribution is 2.30. The van der Waals surface area contributed by atoms with Gasteiger partial charge >= 0.3 is 0 Å². The Morgan fingerprint density at radius 1 is 1.12 bits per heavy atom. The van der Waals surface area contributed by atoms with E-state index in [0.29, 0.717) is 17.3 Å². The Bertz CT molecular complexity index is 890. The highest BCUT2D eigenvalue weighted by Gasteiger charge is 2.21. The number of hydrogen-bond acceptors (Lipinski definition) is 5. The Balaban J connectivity index is 1.84. The van der Waals surface area contributed by atoms with Crippen molar-refractivity contribution in [3.63, 3.8) is 0 Å². The molecule has 6 nitrogen and oxygen atoms in total. The highest BCUT2D eigenvalue weighted by molar-refractivity contribution is 5.97. The van der Waals surface area contributed by atoms with Crippen LogP contribution in [0.2, 0.25) is 0 Å². The van der Waals surface area contributed by atoms with Gasteiger partial charge in [0.1, 0.15) is 11.5 Å². The van der Waals surface area contributed by atoms with Crippen molar-refractivity contribution in [3.05, 3.63) is 66.2 Å². The zero-order chi connectivity index (χ0) is 18.5. The average molecular weight is 352 g/mol. The summed E-state index contributed by atoms with van der Waals surface area (Å²) in [6.07, 6.45) is 1.27. The summed E-state index contributed by atoms with van der Waals surface area (Å²) >= 11 is 0. The minimum absolute atomic E-state index is 0.241. The first-order chi connectivity index (χ1) is 12.6. The smallest absolute Gasteiger partial charge is 0.274 e. The Hall–Kier alpha value is -3.28. The molecule has 1 atom stereocenters. The van der Waals surface area contributed by atoms with Crippen LogP contribution < -0.4 is 14.8 Å². The topological polar surface area (TPSA) is 73.6 Å². The zero-order valence-electron chi connectivity index (χ0n) is 14.9. The molecule has 26 heavy (non-hydrogen) atoms. The Kier molecular flexibility index (Phi) is 5.22. The lowest BCUT2D eigenvalue weighted by Gasteiger charge is -2.18. The van der Waals surface area contributed by atoms with E-state index >= 15 is 0 Å². The molecule has 0 radical (unpaired) electrons. The van der Waals surface area contributed by atoms with Gasteiger partial charge in [0, 0.05) is 11.1 Å². The summed E-state index contributed by atoms with van der Waals surface area (Å²) in [6, 6.07) is 14.5. The SMILES string of the molecule is COc1ccc(OC)c(C(C)NC(=O)c2ncoc2-c2ccccc2)c1. The van der Waals surface area contributed by atoms with E-state index in [2.05, 4.69) is 10.3 Å². The molecular weight excluding hydrogens is 332 g/mol. The minimum Gasteiger partial charge on any atom is -0.497 e. The molecule has 3 rings (SSSR count). The molecule has 1 heterocycles. The number of amides is 1. The van der Waals surface area contributed by atoms with Gasteiger partial charge in [-0.1, -0.05) is 30.3 Å². The van der Waals surface area contributed by atoms with Crippen LogP contribution in [-0.2, 0) is 0 Å². The standard InChI is InChI=1S/C20H20N2O4/c1-13(16-11-15(24-2)9-10-17(16)25-3)22-20(23)18-19(26-12-21-18)14-7-5-4-6-8-14/h4-13H,1-3H3,(H,22,23). The van der Waals surface area contributed by atoms with E-state index in [1.54, 1.807) is 14.2 Å². The summed E-state index contributed by atoms with van der Waals surface area (Å²) in [5, 5.41) is 2.94. The van der Waals surface area contributed by atoms with Crippen molar-refractivity contribution in [2.24, 2.45) is 0 Å². The molecule has 1 amide bonds. The molecule has 0 fully saturated rings. The molecular formula is C20H20N2O4. The molecule has 0 spiro atoms. The van der Waals surface area contributed by atoms with E-state index in [0.717, 1.165) is 11.1 Å². The quantitative estimate of drug-likeness (QED) is 0.729. The van der Waals surface area contributed by atoms with Crippen molar-refractivity contribution >= 4 is 5.91 Å². The largest absolute Gasteiger partial charge is 0.497 e. The van der Waals surface area contributed by atoms with Crippen LogP contribution >= 0.6 is 0 Å². The minimum atomic E-state index is -0.324. The first kappa shape index (κ1) is 17.5. The summed E-state index contributed by atoms with van der Waals surface area (Å²) < 4.78 is 16.1. The van der Waals surface area contributed by atoms with E-state index in [-0.39, 0.29) is 17.6 Å². The number of ether oxygens (including phenoxy) is 2. The number of methoxy groups -OCH3 is 2. The zero-order valence-corrected chi connectivity index (χ0v) is 14.9. The predicted octanol–water partition coefficient (Wildman–Crippen LogP) is 3.85. The number of carbonyl (C=O) groups is 1. The third-order valence-corrected chi connectivity index (χ3v) is 4.07. The third-order valence-electron chi connectivity index (χ3n) is 4.07. The number of carbonyl (C=O) groups excluding carboxylic acids is 1. The van der Waals surface area contributed by atoms with Gasteiger partial charge in [-0.3, -0.25) is 4.79 Å². The lowest BCUT2D eigenvalue weighted by Crippen LogP contribution is -2.27. The number of nitrogens with zero attached hydrogens (tertiary/aromatic N) is 1. The fraction of sp³-hybridized carbons (Fsp3) is 0.200. The van der Waals surface area contributed by atoms with Gasteiger partial charge in [0.25, 0.3) is 5.91 Å². The van der Waals surface area contributed by atoms with E-state index in [4.69, 9.17) is 13.9 Å². The van der Waals surface area contributed by atoms with E-state index in [9.17, 15) is 4.79 Å². The number of hydrogen-bond donors (Lipinski definition) is 1. The van der Waals surface area contributed by atoms with Crippen LogP contribution in [0.25, 0.3) is 11.3 Å². The number of oxazole rings is 1. The Morgan fingerprint density at radius 3 is 2.58 bits per heavy atom. The lowest BCUT2D eigenvalue weighted by atomic mass is 10.1. The maximum atomic E-state index is 12.7. The highest BCUT2D eigenvalue weighted by atomic mass is 16.5. The van der Waals surface area contributed by atoms with Gasteiger partial charge < -0.3 is 19.2 Å². The van der Waals surface area contributed by atoms with E-state index < -0.39 is 0 Å². The van der Waals surface area contributed by atoms with E-state index in [1.165, 1.54) is 6.39 Å². The number of aromatic nitrogens is 1. The van der Waals surface area contributed by atoms with Crippen LogP contribution in [0.4, 0.5) is 0 Å². The van der Waals surface area contributed by atoms with Crippen LogP contribution in [0.1, 0.15) is 29.0 Å². The van der Waals surface area contributed by atoms with Crippen molar-refractivity contribution in [2.75, 3.05) is 14.2 Å². The second-order valence-corrected chi connectivity index (χ2v) is 5.70. The fourth-order valence-corrected chi connectivity index (χ4v) is 2.72. The molecule has 0 aliphatic rings. The molecule has 1 N–H and O–H groups in total. The molecule has 0 aliphatic carbocycles. The number of nitrogens with one attached hydrogen (secondary N) is 1. The van der Waals surface area contributed by atoms with Gasteiger partial charge in [-0.05, 0) is 25.1 Å². The van der Waals surface area contributed by atoms with E-state index in [1.807, 2.05) is 55.5 Å². The monoisotopic (exact) mass is 352 g/mol. The molecule has 0 bridgehead atoms. The van der Waals surface area contributed by atoms with Gasteiger partial charge in [0.2, 0.25) is 0 Å². The molecule has 134 valence electrons. The van der Waals surface area contributed by atoms with Crippen molar-refractivity contribution in [1.82, 2.24) is 10.3 Å². The third kappa shape index (κ3) is 3.54. The van der Waals surface area contributed by atoms with Gasteiger partial charge in [0.05, 0.1) is 20.3 Å². The van der Waals surface area contributed by atoms with Crippen LogP contribution in [0.5, 0.6) is 11.5 Å². The first-order valence-corrected chi connectivity index (χ1v) is 8.15. The maximum absolute atomic E-state index is 12.7. The second kappa shape index (κ2) is 7.74. The van der Waals surface area contributed by atoms with Gasteiger partial charge in [-0.25, -0.2) is 4.98 Å². The Morgan fingerprint density at radius 2 is 1.88 bits per heavy atom. The molecule has 1 aromatic heterocycles. The molecule has 1 unspecified atom stereocenters. The molecule has 6 heteroatoms. The van der Waals surface area contributed by atoms with Gasteiger partial charge in [0.15, 0.2) is 17.8 Å². The van der Waals surface area contributed by atoms with Gasteiger partial charge in [-0.15, -0.1) is 0 Å². The van der Waals surface area contributed by atoms with Crippen molar-refractivity contribution in [2.45, 2.75) is 13.0 Å². The summed E-state index contributed by atoms with van der Waals surface area (Å²) in [5.74, 6) is 1.47. The van der Waals surface area contributed by atoms with Crippen molar-refractivity contribution < 1.29 is 18.7 Å². The molecule has 0 saturated carbocycles. The summed E-state index contributed by atoms with van der Waals surface area (Å²) in [6.45, 7) is 1.87. The average Bonchev–Trinajstić information content (AvgIpc) is 3.18. The van der Waals surface area contributed by atoms with Crippen LogP contribution in [0.3, 0.4) is 0 Å². The normalized spacial score (nSPS) is 11.7. The van der Waals surface area contributed by atoms with Crippen LogP contribution in [0, 0.1) is 0 Å². The second-order valence-electron chi connectivity index (χ2n) is 5.70. The molecule has 3 aromatic rings. The summed E-state index contributed by atoms with van der Waals surface area (Å²) in [7, 11) is 3.18. The van der Waals surface area contributed by atoms with Crippen molar-refractivity contribution in [3.8, 4) is 22.8 Å². The lowest BCUT2D eigenvalue weighted by molar-refractivity contribution is 0.0935. The first-order valence-electron chi connectivity index (χ1n) is 8.15. The molecule has 0 saturated heterocycles. The molecule has 0 aliphatic heterocycles.